The molecule has 0 amide bonds. The molecule has 5 aromatic rings. The third-order valence-corrected chi connectivity index (χ3v) is 12.1. The second kappa shape index (κ2) is 12.9. The molecule has 0 bridgehead atoms. The maximum atomic E-state index is 14.2. The average Bonchev–Trinajstić information content (AvgIpc) is 3.78. The highest BCUT2D eigenvalue weighted by Crippen LogP contribution is 2.51. The molecular formula is C34H34FN7O4S2. The van der Waals surface area contributed by atoms with E-state index in [0.29, 0.717) is 51.4 Å². The predicted octanol–water partition coefficient (Wildman–Crippen LogP) is 6.62. The average molecular weight is 688 g/mol. The summed E-state index contributed by atoms with van der Waals surface area (Å²) in [5.74, 6) is 0.591. The van der Waals surface area contributed by atoms with Crippen molar-refractivity contribution in [2.24, 2.45) is 11.8 Å². The van der Waals surface area contributed by atoms with Crippen LogP contribution in [0.25, 0.3) is 32.0 Å². The van der Waals surface area contributed by atoms with Gasteiger partial charge in [-0.05, 0) is 67.2 Å². The molecule has 0 spiro atoms. The van der Waals surface area contributed by atoms with Crippen LogP contribution in [0.1, 0.15) is 67.6 Å². The fourth-order valence-corrected chi connectivity index (χ4v) is 10.0. The maximum Gasteiger partial charge on any atom is 0.250 e. The second-order valence-electron chi connectivity index (χ2n) is 12.7. The van der Waals surface area contributed by atoms with Gasteiger partial charge in [-0.2, -0.15) is 9.65 Å². The Morgan fingerprint density at radius 1 is 1.15 bits per heavy atom. The lowest BCUT2D eigenvalue weighted by Crippen LogP contribution is -2.17. The molecule has 1 fully saturated rings. The molecule has 5 aromatic heterocycles. The Kier molecular flexibility index (Phi) is 8.69. The summed E-state index contributed by atoms with van der Waals surface area (Å²) in [6.45, 7) is 7.41. The Balaban J connectivity index is 1.39. The van der Waals surface area contributed by atoms with E-state index in [0.717, 1.165) is 48.3 Å². The number of anilines is 1. The lowest BCUT2D eigenvalue weighted by molar-refractivity contribution is 0.0639. The Hall–Kier alpha value is -4.32. The van der Waals surface area contributed by atoms with Crippen LogP contribution in [-0.2, 0) is 27.5 Å². The highest BCUT2D eigenvalue weighted by molar-refractivity contribution is 7.92. The van der Waals surface area contributed by atoms with Gasteiger partial charge in [0.25, 0.3) is 0 Å². The minimum Gasteiger partial charge on any atom is -0.421 e. The van der Waals surface area contributed by atoms with E-state index in [2.05, 4.69) is 25.5 Å². The van der Waals surface area contributed by atoms with Crippen molar-refractivity contribution in [1.82, 2.24) is 25.1 Å². The number of fused-ring (bicyclic) bond motifs is 2. The van der Waals surface area contributed by atoms with E-state index in [-0.39, 0.29) is 40.5 Å². The molecule has 48 heavy (non-hydrogen) atoms. The number of hydrogen-bond donors (Lipinski definition) is 1. The Morgan fingerprint density at radius 3 is 2.67 bits per heavy atom. The minimum absolute atomic E-state index is 0.0148. The number of hydrogen-bond acceptors (Lipinski definition) is 12. The number of ether oxygens (including phenoxy) is 1. The van der Waals surface area contributed by atoms with Crippen molar-refractivity contribution in [3.8, 4) is 28.0 Å². The van der Waals surface area contributed by atoms with E-state index in [1.54, 1.807) is 25.3 Å². The third kappa shape index (κ3) is 6.06. The molecule has 0 saturated carbocycles. The quantitative estimate of drug-likeness (QED) is 0.166. The van der Waals surface area contributed by atoms with Crippen LogP contribution in [0.2, 0.25) is 0 Å². The fraction of sp³-hybridized carbons (Fsp3) is 0.412. The number of aryl methyl sites for hydroxylation is 2. The summed E-state index contributed by atoms with van der Waals surface area (Å²) in [5.41, 5.74) is 2.73. The van der Waals surface area contributed by atoms with Gasteiger partial charge in [-0.15, -0.1) is 21.5 Å². The zero-order valence-corrected chi connectivity index (χ0v) is 28.4. The molecule has 2 aliphatic heterocycles. The van der Waals surface area contributed by atoms with Gasteiger partial charge in [-0.25, -0.2) is 18.4 Å². The van der Waals surface area contributed by atoms with Crippen LogP contribution in [0.3, 0.4) is 0 Å². The first-order valence-electron chi connectivity index (χ1n) is 16.0. The SMILES string of the molecule is Cc1nnc(-c2c(CCC3CCOCC3)nc3c(c2-c2cc4ccnc(NCc5ccc(C#N)c(F)n5)c4s2)S(=O)(=O)CC3C(C)C)o1. The summed E-state index contributed by atoms with van der Waals surface area (Å²) in [5, 5.41) is 21.7. The summed E-state index contributed by atoms with van der Waals surface area (Å²) in [4.78, 5) is 14.5. The predicted molar refractivity (Wildman–Crippen MR) is 179 cm³/mol. The summed E-state index contributed by atoms with van der Waals surface area (Å²) >= 11 is 1.41. The zero-order valence-electron chi connectivity index (χ0n) is 26.8. The van der Waals surface area contributed by atoms with Crippen molar-refractivity contribution in [3.63, 3.8) is 0 Å². The first-order chi connectivity index (χ1) is 23.1. The summed E-state index contributed by atoms with van der Waals surface area (Å²) in [6.07, 6.45) is 5.11. The number of nitrogens with zero attached hydrogens (tertiary/aromatic N) is 6. The monoisotopic (exact) mass is 687 g/mol. The molecule has 248 valence electrons. The summed E-state index contributed by atoms with van der Waals surface area (Å²) < 4.78 is 54.8. The van der Waals surface area contributed by atoms with E-state index in [1.807, 2.05) is 26.0 Å². The Labute approximate surface area is 281 Å². The molecule has 1 unspecified atom stereocenters. The minimum atomic E-state index is -3.72. The smallest absolute Gasteiger partial charge is 0.250 e. The van der Waals surface area contributed by atoms with Crippen molar-refractivity contribution in [2.75, 3.05) is 24.3 Å². The lowest BCUT2D eigenvalue weighted by Gasteiger charge is -2.23. The molecule has 7 heterocycles. The Morgan fingerprint density at radius 2 is 1.96 bits per heavy atom. The molecule has 0 radical (unpaired) electrons. The maximum absolute atomic E-state index is 14.2. The number of thiophene rings is 1. The van der Waals surface area contributed by atoms with Gasteiger partial charge in [-0.1, -0.05) is 13.8 Å². The molecule has 2 aliphatic rings. The number of pyridine rings is 3. The van der Waals surface area contributed by atoms with Crippen molar-refractivity contribution >= 4 is 37.1 Å². The van der Waals surface area contributed by atoms with E-state index < -0.39 is 15.8 Å². The first-order valence-corrected chi connectivity index (χ1v) is 18.5. The van der Waals surface area contributed by atoms with Crippen molar-refractivity contribution in [3.05, 3.63) is 64.9 Å². The van der Waals surface area contributed by atoms with Crippen molar-refractivity contribution < 1.29 is 22.0 Å². The third-order valence-electron chi connectivity index (χ3n) is 9.13. The van der Waals surface area contributed by atoms with Crippen molar-refractivity contribution in [1.29, 1.82) is 5.26 Å². The molecule has 11 nitrogen and oxygen atoms in total. The van der Waals surface area contributed by atoms with Crippen molar-refractivity contribution in [2.45, 2.75) is 63.8 Å². The number of nitrogens with one attached hydrogen (secondary N) is 1. The first kappa shape index (κ1) is 32.2. The van der Waals surface area contributed by atoms with Gasteiger partial charge >= 0.3 is 0 Å². The Bertz CT molecular complexity index is 2170. The van der Waals surface area contributed by atoms with Crippen LogP contribution in [0.5, 0.6) is 0 Å². The summed E-state index contributed by atoms with van der Waals surface area (Å²) in [7, 11) is -3.72. The second-order valence-corrected chi connectivity index (χ2v) is 15.7. The molecular weight excluding hydrogens is 654 g/mol. The number of halogens is 1. The van der Waals surface area contributed by atoms with Gasteiger partial charge in [0, 0.05) is 42.7 Å². The molecule has 1 atom stereocenters. The van der Waals surface area contributed by atoms with Gasteiger partial charge in [0.1, 0.15) is 17.5 Å². The standard InChI is InChI=1S/C34H34FN7O4S2/c1-18(2)24-17-48(43,44)31-28(27(34-42-41-19(3)46-34)25(40-29(24)31)7-4-20-9-12-45-13-10-20)26-14-21-8-11-37-33(30(21)47-26)38-16-23-6-5-22(15-36)32(35)39-23/h5-6,8,11,14,18,20,24H,4,7,9-10,12-13,16-17H2,1-3H3,(H,37,38). The zero-order chi connectivity index (χ0) is 33.6. The van der Waals surface area contributed by atoms with Crippen LogP contribution in [-0.4, -0.2) is 52.5 Å². The number of nitriles is 1. The number of aromatic nitrogens is 5. The van der Waals surface area contributed by atoms with E-state index in [9.17, 15) is 12.8 Å². The van der Waals surface area contributed by atoms with Gasteiger partial charge < -0.3 is 14.5 Å². The fourth-order valence-electron chi connectivity index (χ4n) is 6.57. The van der Waals surface area contributed by atoms with Crippen LogP contribution in [0.15, 0.2) is 39.8 Å². The van der Waals surface area contributed by atoms with Gasteiger partial charge in [0.05, 0.1) is 44.5 Å². The lowest BCUT2D eigenvalue weighted by atomic mass is 9.89. The van der Waals surface area contributed by atoms with Crippen LogP contribution >= 0.6 is 11.3 Å². The molecule has 1 saturated heterocycles. The molecule has 7 rings (SSSR count). The molecule has 0 aliphatic carbocycles. The van der Waals surface area contributed by atoms with Crippen LogP contribution < -0.4 is 5.32 Å². The largest absolute Gasteiger partial charge is 0.421 e. The molecule has 14 heteroatoms. The van der Waals surface area contributed by atoms with Crippen LogP contribution in [0, 0.1) is 36.0 Å². The van der Waals surface area contributed by atoms with Crippen LogP contribution in [0.4, 0.5) is 10.2 Å². The van der Waals surface area contributed by atoms with E-state index in [4.69, 9.17) is 19.4 Å². The molecule has 1 N–H and O–H groups in total. The number of sulfone groups is 1. The highest BCUT2D eigenvalue weighted by atomic mass is 32.2. The van der Waals surface area contributed by atoms with Gasteiger partial charge in [-0.3, -0.25) is 4.98 Å². The highest BCUT2D eigenvalue weighted by Gasteiger charge is 2.43. The van der Waals surface area contributed by atoms with E-state index in [1.165, 1.54) is 17.4 Å². The van der Waals surface area contributed by atoms with E-state index >= 15 is 0 Å². The molecule has 0 aromatic carbocycles. The summed E-state index contributed by atoms with van der Waals surface area (Å²) in [6, 6.07) is 8.60. The normalized spacial score (nSPS) is 17.5. The number of rotatable bonds is 9. The topological polar surface area (TPSA) is 157 Å². The van der Waals surface area contributed by atoms with Gasteiger partial charge in [0.2, 0.25) is 17.7 Å². The van der Waals surface area contributed by atoms with Gasteiger partial charge in [0.15, 0.2) is 9.84 Å².